The zero-order valence-electron chi connectivity index (χ0n) is 31.4. The van der Waals surface area contributed by atoms with E-state index in [2.05, 4.69) is 0 Å². The molecule has 3 N–H and O–H groups in total. The number of aliphatic hydroxyl groups excluding tert-OH is 2. The first-order valence-electron chi connectivity index (χ1n) is 18.3. The van der Waals surface area contributed by atoms with Gasteiger partial charge in [0.05, 0.1) is 24.7 Å². The summed E-state index contributed by atoms with van der Waals surface area (Å²) in [5.41, 5.74) is -0.197. The van der Waals surface area contributed by atoms with Crippen molar-refractivity contribution in [1.82, 2.24) is 0 Å². The minimum Gasteiger partial charge on any atom is -0.469 e. The van der Waals surface area contributed by atoms with E-state index >= 15 is 0 Å². The number of methoxy groups -OCH3 is 1. The second-order valence-electron chi connectivity index (χ2n) is 16.1. The molecule has 3 rings (SSSR count). The molecule has 0 saturated heterocycles. The van der Waals surface area contributed by atoms with E-state index in [9.17, 15) is 34.5 Å². The summed E-state index contributed by atoms with van der Waals surface area (Å²) in [5, 5.41) is 33.3. The maximum Gasteiger partial charge on any atom is 0.313 e. The summed E-state index contributed by atoms with van der Waals surface area (Å²) in [6, 6.07) is 0. The molecule has 0 amide bonds. The highest BCUT2D eigenvalue weighted by Crippen LogP contribution is 2.55. The molecule has 1 fully saturated rings. The van der Waals surface area contributed by atoms with Crippen LogP contribution < -0.4 is 0 Å². The van der Waals surface area contributed by atoms with Crippen molar-refractivity contribution in [2.24, 2.45) is 40.9 Å². The Balaban J connectivity index is 2.38. The second-order valence-corrected chi connectivity index (χ2v) is 16.1. The molecule has 9 atom stereocenters. The van der Waals surface area contributed by atoms with Crippen LogP contribution in [-0.2, 0) is 23.9 Å². The van der Waals surface area contributed by atoms with Gasteiger partial charge in [0.1, 0.15) is 23.0 Å². The highest BCUT2D eigenvalue weighted by atomic mass is 16.5. The van der Waals surface area contributed by atoms with Gasteiger partial charge < -0.3 is 20.1 Å². The standard InChI is InChI=1S/C41H62O8/c1-24(2)31-22-35(43)27(5)12-10-11-25(3)20-36(44)33-21-29(7)30-17-18-40(8,48)38(46)16-14-28(6)34(42)15-13-26(4)19-32(30)41(33,23-37(31)45)39(47)49-9/h14,17-19,24-25,27,31-34,38,42,46,48H,10-13,15-16,20-23H2,1-9H3. The van der Waals surface area contributed by atoms with Crippen molar-refractivity contribution in [3.63, 3.8) is 0 Å². The monoisotopic (exact) mass is 682 g/mol. The SMILES string of the molecule is COC(=O)C12CC(=O)C(C(C)C)CC(=O)C(C)CCCC(C)CC(=O)C1CC(C)=C1C=CC(C)(O)C(O)CC=C(C)C(O)CCC(C)=CC12. The lowest BCUT2D eigenvalue weighted by Gasteiger charge is -2.47. The summed E-state index contributed by atoms with van der Waals surface area (Å²) in [4.78, 5) is 57.1. The fraction of sp³-hybridized carbons (Fsp3) is 0.707. The van der Waals surface area contributed by atoms with E-state index in [0.717, 1.165) is 24.0 Å². The molecule has 274 valence electrons. The number of esters is 1. The second kappa shape index (κ2) is 17.0. The van der Waals surface area contributed by atoms with Crippen LogP contribution in [0.2, 0.25) is 0 Å². The topological polar surface area (TPSA) is 138 Å². The summed E-state index contributed by atoms with van der Waals surface area (Å²) in [6.07, 6.45) is 8.52. The Morgan fingerprint density at radius 1 is 0.959 bits per heavy atom. The van der Waals surface area contributed by atoms with Gasteiger partial charge in [0.2, 0.25) is 0 Å². The van der Waals surface area contributed by atoms with Gasteiger partial charge in [0.15, 0.2) is 0 Å². The third-order valence-electron chi connectivity index (χ3n) is 11.7. The Labute approximate surface area is 294 Å². The van der Waals surface area contributed by atoms with Crippen molar-refractivity contribution in [3.05, 3.63) is 46.6 Å². The van der Waals surface area contributed by atoms with Crippen molar-refractivity contribution in [2.45, 2.75) is 137 Å². The largest absolute Gasteiger partial charge is 0.469 e. The molecule has 3 aliphatic carbocycles. The lowest BCUT2D eigenvalue weighted by Crippen LogP contribution is -2.53. The summed E-state index contributed by atoms with van der Waals surface area (Å²) in [5.74, 6) is -3.58. The average Bonchev–Trinajstić information content (AvgIpc) is 3.03. The van der Waals surface area contributed by atoms with Crippen molar-refractivity contribution in [1.29, 1.82) is 0 Å². The van der Waals surface area contributed by atoms with Gasteiger partial charge in [-0.15, -0.1) is 0 Å². The molecule has 1 saturated carbocycles. The van der Waals surface area contributed by atoms with Crippen molar-refractivity contribution >= 4 is 23.3 Å². The maximum absolute atomic E-state index is 14.6. The smallest absolute Gasteiger partial charge is 0.313 e. The van der Waals surface area contributed by atoms with Gasteiger partial charge in [-0.25, -0.2) is 0 Å². The van der Waals surface area contributed by atoms with Crippen LogP contribution in [0.5, 0.6) is 0 Å². The number of carbonyl (C=O) groups is 4. The van der Waals surface area contributed by atoms with Crippen molar-refractivity contribution in [3.8, 4) is 0 Å². The van der Waals surface area contributed by atoms with E-state index in [4.69, 9.17) is 4.74 Å². The number of ether oxygens (including phenoxy) is 1. The predicted octanol–water partition coefficient (Wildman–Crippen LogP) is 6.81. The molecule has 0 aliphatic heterocycles. The number of allylic oxidation sites excluding steroid dienone is 5. The number of aliphatic hydroxyl groups is 3. The van der Waals surface area contributed by atoms with E-state index < -0.39 is 46.9 Å². The first kappa shape index (κ1) is 40.7. The minimum atomic E-state index is -1.66. The molecule has 0 heterocycles. The molecule has 0 bridgehead atoms. The van der Waals surface area contributed by atoms with Crippen molar-refractivity contribution in [2.75, 3.05) is 7.11 Å². The van der Waals surface area contributed by atoms with Gasteiger partial charge in [-0.1, -0.05) is 76.0 Å². The quantitative estimate of drug-likeness (QED) is 0.213. The van der Waals surface area contributed by atoms with Gasteiger partial charge in [0.25, 0.3) is 0 Å². The number of hydrogen-bond donors (Lipinski definition) is 3. The van der Waals surface area contributed by atoms with Gasteiger partial charge in [0, 0.05) is 42.9 Å². The van der Waals surface area contributed by atoms with Gasteiger partial charge in [-0.2, -0.15) is 0 Å². The summed E-state index contributed by atoms with van der Waals surface area (Å²) in [7, 11) is 1.29. The predicted molar refractivity (Wildman–Crippen MR) is 191 cm³/mol. The van der Waals surface area contributed by atoms with Crippen LogP contribution in [0.1, 0.15) is 120 Å². The number of hydrogen-bond acceptors (Lipinski definition) is 8. The molecular formula is C41H62O8. The lowest BCUT2D eigenvalue weighted by atomic mass is 9.53. The van der Waals surface area contributed by atoms with Crippen LogP contribution in [0, 0.1) is 40.9 Å². The highest BCUT2D eigenvalue weighted by molar-refractivity contribution is 5.97. The molecule has 0 aromatic heterocycles. The molecule has 49 heavy (non-hydrogen) atoms. The van der Waals surface area contributed by atoms with Crippen LogP contribution in [0.25, 0.3) is 0 Å². The molecule has 8 heteroatoms. The van der Waals surface area contributed by atoms with E-state index in [1.54, 1.807) is 19.1 Å². The zero-order chi connectivity index (χ0) is 36.8. The van der Waals surface area contributed by atoms with Crippen LogP contribution in [0.15, 0.2) is 46.6 Å². The normalized spacial score (nSPS) is 36.6. The molecule has 0 aromatic carbocycles. The average molecular weight is 683 g/mol. The van der Waals surface area contributed by atoms with Crippen LogP contribution in [-0.4, -0.2) is 63.6 Å². The zero-order valence-corrected chi connectivity index (χ0v) is 31.4. The highest BCUT2D eigenvalue weighted by Gasteiger charge is 2.59. The fourth-order valence-electron chi connectivity index (χ4n) is 8.10. The first-order chi connectivity index (χ1) is 22.8. The van der Waals surface area contributed by atoms with Crippen LogP contribution >= 0.6 is 0 Å². The number of carbonyl (C=O) groups excluding carboxylic acids is 4. The third kappa shape index (κ3) is 9.56. The first-order valence-corrected chi connectivity index (χ1v) is 18.3. The van der Waals surface area contributed by atoms with Crippen LogP contribution in [0.3, 0.4) is 0 Å². The molecule has 0 radical (unpaired) electrons. The Morgan fingerprint density at radius 2 is 1.63 bits per heavy atom. The Kier molecular flexibility index (Phi) is 14.2. The van der Waals surface area contributed by atoms with Gasteiger partial charge >= 0.3 is 5.97 Å². The van der Waals surface area contributed by atoms with Crippen LogP contribution in [0.4, 0.5) is 0 Å². The summed E-state index contributed by atoms with van der Waals surface area (Å²) in [6.45, 7) is 14.9. The summed E-state index contributed by atoms with van der Waals surface area (Å²) >= 11 is 0. The van der Waals surface area contributed by atoms with Crippen molar-refractivity contribution < 1.29 is 39.2 Å². The molecular weight excluding hydrogens is 620 g/mol. The van der Waals surface area contributed by atoms with E-state index in [1.165, 1.54) is 20.1 Å². The van der Waals surface area contributed by atoms with E-state index in [1.807, 2.05) is 47.6 Å². The maximum atomic E-state index is 14.6. The molecule has 0 spiro atoms. The molecule has 0 aromatic rings. The Hall–Kier alpha value is -2.68. The van der Waals surface area contributed by atoms with Gasteiger partial charge in [-0.05, 0) is 82.8 Å². The summed E-state index contributed by atoms with van der Waals surface area (Å²) < 4.78 is 5.57. The fourth-order valence-corrected chi connectivity index (χ4v) is 8.10. The van der Waals surface area contributed by atoms with E-state index in [0.29, 0.717) is 30.4 Å². The number of Topliss-reactive ketones (excluding diaryl/α,β-unsaturated/α-hetero) is 3. The lowest BCUT2D eigenvalue weighted by molar-refractivity contribution is -0.166. The Morgan fingerprint density at radius 3 is 2.27 bits per heavy atom. The molecule has 3 aliphatic rings. The Bertz CT molecular complexity index is 1360. The number of fused-ring (bicyclic) bond motifs is 3. The van der Waals surface area contributed by atoms with E-state index in [-0.39, 0.29) is 67.2 Å². The number of ketones is 3. The molecule has 9 unspecified atom stereocenters. The molecule has 8 nitrogen and oxygen atoms in total. The number of rotatable bonds is 2. The third-order valence-corrected chi connectivity index (χ3v) is 11.7. The minimum absolute atomic E-state index is 0.0217. The van der Waals surface area contributed by atoms with Gasteiger partial charge in [-0.3, -0.25) is 19.2 Å².